The highest BCUT2D eigenvalue weighted by Crippen LogP contribution is 2.40. The van der Waals surface area contributed by atoms with Gasteiger partial charge in [0.2, 0.25) is 0 Å². The van der Waals surface area contributed by atoms with Crippen LogP contribution < -0.4 is 5.32 Å². The van der Waals surface area contributed by atoms with Gasteiger partial charge in [-0.1, -0.05) is 33.6 Å². The van der Waals surface area contributed by atoms with E-state index in [9.17, 15) is 0 Å². The van der Waals surface area contributed by atoms with E-state index in [1.807, 2.05) is 0 Å². The zero-order valence-corrected chi connectivity index (χ0v) is 14.1. The lowest BCUT2D eigenvalue weighted by Crippen LogP contribution is -2.48. The minimum atomic E-state index is 0.127. The van der Waals surface area contributed by atoms with Crippen LogP contribution in [-0.4, -0.2) is 25.3 Å². The zero-order valence-electron chi connectivity index (χ0n) is 14.1. The van der Waals surface area contributed by atoms with Gasteiger partial charge in [-0.25, -0.2) is 0 Å². The molecule has 20 heavy (non-hydrogen) atoms. The second-order valence-electron chi connectivity index (χ2n) is 7.81. The highest BCUT2D eigenvalue weighted by Gasteiger charge is 2.39. The molecule has 2 nitrogen and oxygen atoms in total. The first kappa shape index (κ1) is 16.3. The Bertz CT molecular complexity index is 281. The van der Waals surface area contributed by atoms with Crippen LogP contribution in [0.25, 0.3) is 0 Å². The second kappa shape index (κ2) is 7.26. The normalized spacial score (nSPS) is 39.1. The number of hydrogen-bond donors (Lipinski definition) is 1. The summed E-state index contributed by atoms with van der Waals surface area (Å²) in [6, 6.07) is 0. The van der Waals surface area contributed by atoms with Crippen molar-refractivity contribution < 1.29 is 4.74 Å². The summed E-state index contributed by atoms with van der Waals surface area (Å²) >= 11 is 0. The minimum Gasteiger partial charge on any atom is -0.370 e. The van der Waals surface area contributed by atoms with Gasteiger partial charge in [0.25, 0.3) is 0 Å². The van der Waals surface area contributed by atoms with E-state index in [0.717, 1.165) is 24.3 Å². The third kappa shape index (κ3) is 4.21. The summed E-state index contributed by atoms with van der Waals surface area (Å²) in [5.74, 6) is 2.60. The number of nitrogens with one attached hydrogen (secondary N) is 1. The molecule has 0 saturated heterocycles. The van der Waals surface area contributed by atoms with Crippen LogP contribution in [0.2, 0.25) is 0 Å². The first-order valence-corrected chi connectivity index (χ1v) is 8.87. The van der Waals surface area contributed by atoms with E-state index in [-0.39, 0.29) is 5.60 Å². The van der Waals surface area contributed by atoms with E-state index in [0.29, 0.717) is 6.10 Å². The van der Waals surface area contributed by atoms with Gasteiger partial charge < -0.3 is 10.1 Å². The summed E-state index contributed by atoms with van der Waals surface area (Å²) in [7, 11) is 2.07. The van der Waals surface area contributed by atoms with Gasteiger partial charge in [-0.05, 0) is 63.3 Å². The van der Waals surface area contributed by atoms with E-state index in [4.69, 9.17) is 4.74 Å². The van der Waals surface area contributed by atoms with Gasteiger partial charge in [-0.3, -0.25) is 0 Å². The van der Waals surface area contributed by atoms with Gasteiger partial charge >= 0.3 is 0 Å². The van der Waals surface area contributed by atoms with Crippen molar-refractivity contribution in [3.8, 4) is 0 Å². The lowest BCUT2D eigenvalue weighted by molar-refractivity contribution is -0.132. The molecule has 2 rings (SSSR count). The molecule has 2 unspecified atom stereocenters. The zero-order chi connectivity index (χ0) is 14.6. The Kier molecular flexibility index (Phi) is 5.92. The van der Waals surface area contributed by atoms with Crippen molar-refractivity contribution in [1.29, 1.82) is 0 Å². The summed E-state index contributed by atoms with van der Waals surface area (Å²) < 4.78 is 6.70. The molecule has 0 bridgehead atoms. The molecule has 0 heterocycles. The SMILES string of the molecule is CNCC1(OC2CCCC(C)C2)CCC(C(C)C)CC1. The van der Waals surface area contributed by atoms with Crippen molar-refractivity contribution in [2.75, 3.05) is 13.6 Å². The van der Waals surface area contributed by atoms with Gasteiger partial charge in [-0.15, -0.1) is 0 Å². The lowest BCUT2D eigenvalue weighted by atomic mass is 9.74. The van der Waals surface area contributed by atoms with Crippen LogP contribution in [0.5, 0.6) is 0 Å². The topological polar surface area (TPSA) is 21.3 Å². The van der Waals surface area contributed by atoms with Crippen molar-refractivity contribution >= 4 is 0 Å². The van der Waals surface area contributed by atoms with Gasteiger partial charge in [-0.2, -0.15) is 0 Å². The maximum atomic E-state index is 6.70. The summed E-state index contributed by atoms with van der Waals surface area (Å²) in [6.45, 7) is 8.16. The van der Waals surface area contributed by atoms with Gasteiger partial charge in [0, 0.05) is 6.54 Å². The molecule has 118 valence electrons. The Balaban J connectivity index is 1.92. The molecular weight excluding hydrogens is 246 g/mol. The lowest BCUT2D eigenvalue weighted by Gasteiger charge is -2.44. The quantitative estimate of drug-likeness (QED) is 0.807. The average Bonchev–Trinajstić information content (AvgIpc) is 2.39. The molecule has 0 amide bonds. The van der Waals surface area contributed by atoms with Gasteiger partial charge in [0.05, 0.1) is 11.7 Å². The first-order chi connectivity index (χ1) is 9.54. The molecule has 2 heteroatoms. The van der Waals surface area contributed by atoms with Crippen LogP contribution in [-0.2, 0) is 4.74 Å². The minimum absolute atomic E-state index is 0.127. The summed E-state index contributed by atoms with van der Waals surface area (Å²) in [5.41, 5.74) is 0.127. The summed E-state index contributed by atoms with van der Waals surface area (Å²) in [4.78, 5) is 0. The Morgan fingerprint density at radius 1 is 1.15 bits per heavy atom. The highest BCUT2D eigenvalue weighted by molar-refractivity contribution is 4.91. The van der Waals surface area contributed by atoms with E-state index < -0.39 is 0 Å². The molecule has 2 fully saturated rings. The standard InChI is InChI=1S/C18H35NO/c1-14(2)16-8-10-18(11-9-16,13-19-4)20-17-7-5-6-15(3)12-17/h14-17,19H,5-13H2,1-4H3. The Morgan fingerprint density at radius 3 is 2.40 bits per heavy atom. The van der Waals surface area contributed by atoms with Crippen molar-refractivity contribution in [3.63, 3.8) is 0 Å². The van der Waals surface area contributed by atoms with Crippen LogP contribution in [0.15, 0.2) is 0 Å². The molecule has 0 spiro atoms. The molecule has 2 saturated carbocycles. The Hall–Kier alpha value is -0.0800. The summed E-state index contributed by atoms with van der Waals surface area (Å²) in [6.07, 6.45) is 11.0. The number of ether oxygens (including phenoxy) is 1. The van der Waals surface area contributed by atoms with Crippen LogP contribution in [0.3, 0.4) is 0 Å². The van der Waals surface area contributed by atoms with Crippen molar-refractivity contribution in [2.24, 2.45) is 17.8 Å². The third-order valence-electron chi connectivity index (χ3n) is 5.69. The van der Waals surface area contributed by atoms with Crippen molar-refractivity contribution in [3.05, 3.63) is 0 Å². The largest absolute Gasteiger partial charge is 0.370 e. The van der Waals surface area contributed by atoms with Gasteiger partial charge in [0.15, 0.2) is 0 Å². The highest BCUT2D eigenvalue weighted by atomic mass is 16.5. The molecule has 0 aromatic carbocycles. The van der Waals surface area contributed by atoms with E-state index in [1.54, 1.807) is 0 Å². The number of rotatable bonds is 5. The fourth-order valence-corrected chi connectivity index (χ4v) is 4.33. The molecule has 1 N–H and O–H groups in total. The smallest absolute Gasteiger partial charge is 0.0810 e. The Morgan fingerprint density at radius 2 is 1.85 bits per heavy atom. The van der Waals surface area contributed by atoms with E-state index in [1.165, 1.54) is 51.4 Å². The molecular formula is C18H35NO. The second-order valence-corrected chi connectivity index (χ2v) is 7.81. The first-order valence-electron chi connectivity index (χ1n) is 8.87. The molecule has 2 atom stereocenters. The monoisotopic (exact) mass is 281 g/mol. The maximum absolute atomic E-state index is 6.70. The molecule has 0 aromatic rings. The fraction of sp³-hybridized carbons (Fsp3) is 1.00. The molecule has 0 aliphatic heterocycles. The van der Waals surface area contributed by atoms with Crippen LogP contribution in [0, 0.1) is 17.8 Å². The fourth-order valence-electron chi connectivity index (χ4n) is 4.33. The van der Waals surface area contributed by atoms with Crippen molar-refractivity contribution in [1.82, 2.24) is 5.32 Å². The maximum Gasteiger partial charge on any atom is 0.0810 e. The van der Waals surface area contributed by atoms with Crippen LogP contribution in [0.1, 0.15) is 72.1 Å². The number of hydrogen-bond acceptors (Lipinski definition) is 2. The van der Waals surface area contributed by atoms with Gasteiger partial charge in [0.1, 0.15) is 0 Å². The molecule has 2 aliphatic carbocycles. The van der Waals surface area contributed by atoms with E-state index >= 15 is 0 Å². The predicted octanol–water partition coefficient (Wildman–Crippen LogP) is 4.39. The predicted molar refractivity (Wildman–Crippen MR) is 86.0 cm³/mol. The van der Waals surface area contributed by atoms with E-state index in [2.05, 4.69) is 33.1 Å². The van der Waals surface area contributed by atoms with Crippen molar-refractivity contribution in [2.45, 2.75) is 83.8 Å². The molecule has 2 aliphatic rings. The van der Waals surface area contributed by atoms with Crippen LogP contribution >= 0.6 is 0 Å². The van der Waals surface area contributed by atoms with Crippen LogP contribution in [0.4, 0.5) is 0 Å². The number of likely N-dealkylation sites (N-methyl/N-ethyl adjacent to an activating group) is 1. The molecule has 0 aromatic heterocycles. The average molecular weight is 281 g/mol. The Labute approximate surface area is 126 Å². The molecule has 0 radical (unpaired) electrons. The summed E-state index contributed by atoms with van der Waals surface area (Å²) in [5, 5.41) is 3.40. The third-order valence-corrected chi connectivity index (χ3v) is 5.69.